The topological polar surface area (TPSA) is 146 Å². The van der Waals surface area contributed by atoms with Crippen molar-refractivity contribution in [3.05, 3.63) is 47.8 Å². The monoisotopic (exact) mass is 661 g/mol. The summed E-state index contributed by atoms with van der Waals surface area (Å²) in [6.45, 7) is 12.0. The van der Waals surface area contributed by atoms with E-state index in [2.05, 4.69) is 24.0 Å². The number of amides is 1. The van der Waals surface area contributed by atoms with Gasteiger partial charge >= 0.3 is 5.97 Å². The summed E-state index contributed by atoms with van der Waals surface area (Å²) in [6, 6.07) is 9.38. The number of fused-ring (bicyclic) bond motifs is 2. The van der Waals surface area contributed by atoms with Crippen LogP contribution in [0.25, 0.3) is 21.8 Å². The van der Waals surface area contributed by atoms with Crippen molar-refractivity contribution in [3.8, 4) is 11.5 Å². The first-order chi connectivity index (χ1) is 22.8. The maximum Gasteiger partial charge on any atom is 0.328 e. The summed E-state index contributed by atoms with van der Waals surface area (Å²) in [6.07, 6.45) is 1.28. The molecule has 1 N–H and O–H groups in total. The van der Waals surface area contributed by atoms with Crippen molar-refractivity contribution in [1.82, 2.24) is 24.5 Å². The van der Waals surface area contributed by atoms with Crippen LogP contribution in [0.1, 0.15) is 87.8 Å². The Morgan fingerprint density at radius 3 is 1.83 bits per heavy atom. The third-order valence-electron chi connectivity index (χ3n) is 8.49. The lowest BCUT2D eigenvalue weighted by Gasteiger charge is -2.25. The van der Waals surface area contributed by atoms with Crippen molar-refractivity contribution in [3.63, 3.8) is 0 Å². The smallest absolute Gasteiger partial charge is 0.328 e. The summed E-state index contributed by atoms with van der Waals surface area (Å²) in [5.74, 6) is -0.749. The van der Waals surface area contributed by atoms with Gasteiger partial charge in [-0.3, -0.25) is 19.1 Å². The summed E-state index contributed by atoms with van der Waals surface area (Å²) in [4.78, 5) is 54.3. The number of carboxylic acid groups (broad SMARTS) is 1. The Hall–Kier alpha value is -4.74. The highest BCUT2D eigenvalue weighted by atomic mass is 16.5. The standard InChI is InChI=1S/C36H47N5O7/c1-21(2)15-17-39(31(42)20-40-29-18-24(47-7)11-13-26(29)32(37-40)34(43)22(3)4)16-9-10-28(36(45)46)41-30-19-25(48-8)12-14-27(30)33(38-41)35(44)23(5)6/h11-14,18-19,21-23,28H,9-10,15-17,20H2,1-8H3,(H,45,46). The van der Waals surface area contributed by atoms with Crippen molar-refractivity contribution in [2.24, 2.45) is 17.8 Å². The average Bonchev–Trinajstić information content (AvgIpc) is 3.60. The third kappa shape index (κ3) is 7.86. The summed E-state index contributed by atoms with van der Waals surface area (Å²) in [7, 11) is 3.07. The predicted octanol–water partition coefficient (Wildman–Crippen LogP) is 6.06. The van der Waals surface area contributed by atoms with Crippen LogP contribution in [0.3, 0.4) is 0 Å². The van der Waals surface area contributed by atoms with E-state index in [1.165, 1.54) is 11.8 Å². The Morgan fingerprint density at radius 1 is 0.771 bits per heavy atom. The van der Waals surface area contributed by atoms with Crippen LogP contribution in [0.4, 0.5) is 0 Å². The highest BCUT2D eigenvalue weighted by Gasteiger charge is 2.28. The van der Waals surface area contributed by atoms with Crippen LogP contribution < -0.4 is 9.47 Å². The van der Waals surface area contributed by atoms with E-state index in [-0.39, 0.29) is 48.0 Å². The van der Waals surface area contributed by atoms with E-state index in [4.69, 9.17) is 9.47 Å². The second-order valence-corrected chi connectivity index (χ2v) is 13.2. The van der Waals surface area contributed by atoms with Gasteiger partial charge in [0.2, 0.25) is 5.91 Å². The number of aliphatic carboxylic acids is 1. The molecule has 2 aromatic carbocycles. The van der Waals surface area contributed by atoms with Gasteiger partial charge in [0.1, 0.15) is 35.5 Å². The number of ketones is 2. The molecule has 0 aliphatic heterocycles. The Bertz CT molecular complexity index is 1800. The van der Waals surface area contributed by atoms with Crippen LogP contribution in [0.15, 0.2) is 36.4 Å². The molecule has 0 radical (unpaired) electrons. The summed E-state index contributed by atoms with van der Waals surface area (Å²) < 4.78 is 13.7. The first-order valence-corrected chi connectivity index (χ1v) is 16.5. The van der Waals surface area contributed by atoms with E-state index < -0.39 is 12.0 Å². The molecule has 0 fully saturated rings. The number of methoxy groups -OCH3 is 2. The third-order valence-corrected chi connectivity index (χ3v) is 8.49. The van der Waals surface area contributed by atoms with Gasteiger partial charge in [-0.15, -0.1) is 0 Å². The number of Topliss-reactive ketones (excluding diaryl/α,β-unsaturated/α-hetero) is 2. The van der Waals surface area contributed by atoms with Gasteiger partial charge in [0.05, 0.1) is 25.3 Å². The van der Waals surface area contributed by atoms with Gasteiger partial charge in [0.15, 0.2) is 11.6 Å². The largest absolute Gasteiger partial charge is 0.497 e. The zero-order chi connectivity index (χ0) is 35.3. The number of aromatic nitrogens is 4. The molecule has 0 aliphatic rings. The second-order valence-electron chi connectivity index (χ2n) is 13.2. The van der Waals surface area contributed by atoms with Gasteiger partial charge in [-0.2, -0.15) is 10.2 Å². The molecule has 2 heterocycles. The summed E-state index contributed by atoms with van der Waals surface area (Å²) in [5.41, 5.74) is 1.65. The molecule has 0 saturated heterocycles. The lowest BCUT2D eigenvalue weighted by Crippen LogP contribution is -2.36. The molecule has 4 aromatic rings. The average molecular weight is 662 g/mol. The van der Waals surface area contributed by atoms with E-state index in [1.807, 2.05) is 13.8 Å². The lowest BCUT2D eigenvalue weighted by molar-refractivity contribution is -0.141. The van der Waals surface area contributed by atoms with Gasteiger partial charge in [-0.25, -0.2) is 9.48 Å². The van der Waals surface area contributed by atoms with Crippen LogP contribution in [-0.2, 0) is 16.1 Å². The molecule has 4 rings (SSSR count). The fourth-order valence-corrected chi connectivity index (χ4v) is 5.62. The molecular formula is C36H47N5O7. The predicted molar refractivity (Wildman–Crippen MR) is 183 cm³/mol. The Morgan fingerprint density at radius 2 is 1.31 bits per heavy atom. The van der Waals surface area contributed by atoms with Crippen LogP contribution >= 0.6 is 0 Å². The quantitative estimate of drug-likeness (QED) is 0.133. The van der Waals surface area contributed by atoms with E-state index in [0.717, 1.165) is 6.42 Å². The minimum atomic E-state index is -1.09. The number of hydrogen-bond acceptors (Lipinski definition) is 8. The molecule has 0 saturated carbocycles. The molecule has 2 aromatic heterocycles. The van der Waals surface area contributed by atoms with E-state index >= 15 is 0 Å². The van der Waals surface area contributed by atoms with Gasteiger partial charge in [-0.05, 0) is 49.4 Å². The molecule has 0 spiro atoms. The highest BCUT2D eigenvalue weighted by Crippen LogP contribution is 2.30. The van der Waals surface area contributed by atoms with Gasteiger partial charge in [0.25, 0.3) is 0 Å². The van der Waals surface area contributed by atoms with Crippen LogP contribution in [0, 0.1) is 17.8 Å². The number of benzene rings is 2. The Labute approximate surface area is 281 Å². The zero-order valence-corrected chi connectivity index (χ0v) is 29.1. The minimum Gasteiger partial charge on any atom is -0.497 e. The number of carbonyl (C=O) groups excluding carboxylic acids is 3. The maximum atomic E-state index is 13.9. The van der Waals surface area contributed by atoms with Crippen LogP contribution in [0.2, 0.25) is 0 Å². The molecule has 12 nitrogen and oxygen atoms in total. The van der Waals surface area contributed by atoms with E-state index in [9.17, 15) is 24.3 Å². The minimum absolute atomic E-state index is 0.0975. The van der Waals surface area contributed by atoms with Crippen molar-refractivity contribution in [1.29, 1.82) is 0 Å². The van der Waals surface area contributed by atoms with Crippen molar-refractivity contribution in [2.75, 3.05) is 27.3 Å². The van der Waals surface area contributed by atoms with Gasteiger partial charge in [0, 0.05) is 47.8 Å². The first kappa shape index (κ1) is 36.1. The second kappa shape index (κ2) is 15.4. The SMILES string of the molecule is COc1ccc2c(C(=O)C(C)C)nn(CC(=O)N(CCCC(C(=O)O)n3nc(C(=O)C(C)C)c4ccc(OC)cc43)CCC(C)C)c2c1. The fourth-order valence-electron chi connectivity index (χ4n) is 5.62. The normalized spacial score (nSPS) is 12.3. The molecule has 1 atom stereocenters. The number of nitrogens with zero attached hydrogens (tertiary/aromatic N) is 5. The number of ether oxygens (including phenoxy) is 2. The van der Waals surface area contributed by atoms with E-state index in [1.54, 1.807) is 66.9 Å². The first-order valence-electron chi connectivity index (χ1n) is 16.5. The number of rotatable bonds is 17. The summed E-state index contributed by atoms with van der Waals surface area (Å²) >= 11 is 0. The lowest BCUT2D eigenvalue weighted by atomic mass is 10.0. The van der Waals surface area contributed by atoms with E-state index in [0.29, 0.717) is 64.4 Å². The molecule has 258 valence electrons. The molecule has 48 heavy (non-hydrogen) atoms. The van der Waals surface area contributed by atoms with Gasteiger partial charge < -0.3 is 19.5 Å². The van der Waals surface area contributed by atoms with Crippen molar-refractivity contribution >= 4 is 45.2 Å². The Kier molecular flexibility index (Phi) is 11.6. The highest BCUT2D eigenvalue weighted by molar-refractivity contribution is 6.08. The molecule has 1 unspecified atom stereocenters. The molecule has 0 aliphatic carbocycles. The summed E-state index contributed by atoms with van der Waals surface area (Å²) in [5, 5.41) is 20.7. The van der Waals surface area contributed by atoms with Gasteiger partial charge in [-0.1, -0.05) is 41.5 Å². The maximum absolute atomic E-state index is 13.9. The molecule has 1 amide bonds. The zero-order valence-electron chi connectivity index (χ0n) is 29.1. The fraction of sp³-hybridized carbons (Fsp3) is 0.500. The van der Waals surface area contributed by atoms with Crippen molar-refractivity contribution in [2.45, 2.75) is 73.4 Å². The molecule has 0 bridgehead atoms. The van der Waals surface area contributed by atoms with Crippen LogP contribution in [0.5, 0.6) is 11.5 Å². The molecular weight excluding hydrogens is 614 g/mol. The van der Waals surface area contributed by atoms with Crippen molar-refractivity contribution < 1.29 is 33.8 Å². The number of carbonyl (C=O) groups is 4. The Balaban J connectivity index is 1.61. The number of hydrogen-bond donors (Lipinski definition) is 1. The number of carboxylic acids is 1. The molecule has 12 heteroatoms. The van der Waals surface area contributed by atoms with Crippen LogP contribution in [-0.4, -0.2) is 80.3 Å².